The third-order valence-electron chi connectivity index (χ3n) is 10.3. The first-order valence-electron chi connectivity index (χ1n) is 21.0. The van der Waals surface area contributed by atoms with Gasteiger partial charge in [0, 0.05) is 43.1 Å². The van der Waals surface area contributed by atoms with Crippen LogP contribution in [0.1, 0.15) is 127 Å². The summed E-state index contributed by atoms with van der Waals surface area (Å²) >= 11 is 0. The van der Waals surface area contributed by atoms with E-state index in [9.17, 15) is 29.2 Å². The topological polar surface area (TPSA) is 179 Å². The Morgan fingerprint density at radius 1 is 0.914 bits per heavy atom. The van der Waals surface area contributed by atoms with Crippen LogP contribution >= 0.6 is 0 Å². The maximum Gasteiger partial charge on any atom is 0.408 e. The molecule has 58 heavy (non-hydrogen) atoms. The summed E-state index contributed by atoms with van der Waals surface area (Å²) in [5, 5.41) is 23.4. The number of rotatable bonds is 17. The van der Waals surface area contributed by atoms with E-state index in [1.54, 1.807) is 25.7 Å². The molecule has 0 aromatic heterocycles. The monoisotopic (exact) mass is 813 g/mol. The fourth-order valence-electron chi connectivity index (χ4n) is 7.92. The van der Waals surface area contributed by atoms with Crippen LogP contribution in [0, 0.1) is 11.8 Å². The van der Waals surface area contributed by atoms with Crippen molar-refractivity contribution in [3.63, 3.8) is 0 Å². The van der Waals surface area contributed by atoms with Crippen molar-refractivity contribution in [1.82, 2.24) is 31.2 Å². The molecule has 0 aliphatic carbocycles. The molecular formula is C44H72N6O8. The van der Waals surface area contributed by atoms with Crippen molar-refractivity contribution in [3.05, 3.63) is 48.0 Å². The highest BCUT2D eigenvalue weighted by atomic mass is 16.6. The van der Waals surface area contributed by atoms with E-state index in [0.717, 1.165) is 5.56 Å². The molecule has 4 atom stereocenters. The minimum absolute atomic E-state index is 0.168. The summed E-state index contributed by atoms with van der Waals surface area (Å²) in [6.07, 6.45) is 5.86. The van der Waals surface area contributed by atoms with Crippen molar-refractivity contribution < 1.29 is 38.7 Å². The average Bonchev–Trinajstić information content (AvgIpc) is 3.59. The minimum Gasteiger partial charge on any atom is -0.446 e. The first-order chi connectivity index (χ1) is 27.0. The predicted octanol–water partition coefficient (Wildman–Crippen LogP) is 6.26. The summed E-state index contributed by atoms with van der Waals surface area (Å²) in [5.41, 5.74) is -0.851. The van der Waals surface area contributed by atoms with Crippen LogP contribution in [0.3, 0.4) is 0 Å². The standard InChI is InChI=1S/C44H72N6O8/c1-29(2)25-33(47-41(55)58-42(5,6)7)22-21-32(26-31-17-13-12-14-18-31)39(53)49-24-16-20-36(49)38(52)48-35(37(51)46-30(3)4)19-15-23-45-40(54)57-34-27-43(8,9)50(56)44(10,11)28-34/h12-14,17-18,21-22,29-30,32-36,56H,15-16,19-20,23-28H2,1-11H3,(H,45,54)(H,46,51)(H,47,55)(H,48,52)/b22-21+/t32-,33-,35+,36+/m1/s1. The van der Waals surface area contributed by atoms with Gasteiger partial charge in [-0.3, -0.25) is 14.4 Å². The third-order valence-corrected chi connectivity index (χ3v) is 10.3. The van der Waals surface area contributed by atoms with Gasteiger partial charge in [0.05, 0.1) is 12.0 Å². The number of piperidine rings is 1. The molecule has 14 heteroatoms. The molecular weight excluding hydrogens is 741 g/mol. The second kappa shape index (κ2) is 21.2. The molecule has 0 unspecified atom stereocenters. The van der Waals surface area contributed by atoms with E-state index in [1.165, 1.54) is 5.06 Å². The average molecular weight is 813 g/mol. The molecule has 0 saturated carbocycles. The molecule has 2 heterocycles. The zero-order valence-electron chi connectivity index (χ0n) is 36.9. The van der Waals surface area contributed by atoms with E-state index in [4.69, 9.17) is 9.47 Å². The summed E-state index contributed by atoms with van der Waals surface area (Å²) in [5.74, 6) is -1.33. The molecule has 3 rings (SSSR count). The van der Waals surface area contributed by atoms with Crippen molar-refractivity contribution in [2.75, 3.05) is 13.1 Å². The summed E-state index contributed by atoms with van der Waals surface area (Å²) in [7, 11) is 0. The summed E-state index contributed by atoms with van der Waals surface area (Å²) in [6.45, 7) is 21.4. The van der Waals surface area contributed by atoms with Crippen molar-refractivity contribution in [1.29, 1.82) is 0 Å². The number of benzene rings is 1. The van der Waals surface area contributed by atoms with Gasteiger partial charge in [0.1, 0.15) is 23.8 Å². The first kappa shape index (κ1) is 48.2. The molecule has 5 N–H and O–H groups in total. The van der Waals surface area contributed by atoms with Gasteiger partial charge in [-0.05, 0) is 112 Å². The second-order valence-electron chi connectivity index (χ2n) is 18.9. The Bertz CT molecular complexity index is 1540. The molecule has 0 spiro atoms. The quantitative estimate of drug-likeness (QED) is 0.0898. The van der Waals surface area contributed by atoms with Gasteiger partial charge in [0.25, 0.3) is 0 Å². The van der Waals surface area contributed by atoms with Gasteiger partial charge < -0.3 is 40.8 Å². The number of nitrogens with zero attached hydrogens (tertiary/aromatic N) is 2. The fourth-order valence-corrected chi connectivity index (χ4v) is 7.92. The minimum atomic E-state index is -0.892. The first-order valence-corrected chi connectivity index (χ1v) is 21.0. The highest BCUT2D eigenvalue weighted by molar-refractivity contribution is 5.93. The molecule has 14 nitrogen and oxygen atoms in total. The number of hydroxylamine groups is 2. The lowest BCUT2D eigenvalue weighted by atomic mass is 9.80. The maximum absolute atomic E-state index is 14.4. The Labute approximate surface area is 346 Å². The highest BCUT2D eigenvalue weighted by Gasteiger charge is 2.46. The zero-order chi connectivity index (χ0) is 43.4. The lowest BCUT2D eigenvalue weighted by Gasteiger charge is -2.50. The Kier molecular flexibility index (Phi) is 17.6. The van der Waals surface area contributed by atoms with Gasteiger partial charge in [0.2, 0.25) is 17.7 Å². The summed E-state index contributed by atoms with van der Waals surface area (Å²) in [6, 6.07) is 7.46. The molecule has 326 valence electrons. The maximum atomic E-state index is 14.4. The smallest absolute Gasteiger partial charge is 0.408 e. The van der Waals surface area contributed by atoms with Crippen molar-refractivity contribution in [2.24, 2.45) is 11.8 Å². The molecule has 1 aromatic carbocycles. The number of hydrogen-bond acceptors (Lipinski definition) is 9. The number of nitrogens with one attached hydrogen (secondary N) is 4. The molecule has 5 amide bonds. The number of alkyl carbamates (subject to hydrolysis) is 2. The number of carbonyl (C=O) groups is 5. The lowest BCUT2D eigenvalue weighted by molar-refractivity contribution is -0.256. The normalized spacial score (nSPS) is 20.0. The predicted molar refractivity (Wildman–Crippen MR) is 224 cm³/mol. The number of amides is 5. The van der Waals surface area contributed by atoms with Gasteiger partial charge in [-0.15, -0.1) is 0 Å². The van der Waals surface area contributed by atoms with Crippen molar-refractivity contribution in [2.45, 2.75) is 174 Å². The lowest BCUT2D eigenvalue weighted by Crippen LogP contribution is -2.60. The van der Waals surface area contributed by atoms with Gasteiger partial charge in [-0.25, -0.2) is 9.59 Å². The number of carbonyl (C=O) groups excluding carboxylic acids is 5. The third kappa shape index (κ3) is 15.5. The number of likely N-dealkylation sites (tertiary alicyclic amines) is 1. The SMILES string of the molecule is CC(C)C[C@@H](/C=C/[C@H](Cc1ccccc1)C(=O)N1CCC[C@H]1C(=O)N[C@@H](CCCNC(=O)OC1CC(C)(C)N(O)C(C)(C)C1)C(=O)NC(C)C)NC(=O)OC(C)(C)C. The molecule has 2 saturated heterocycles. The van der Waals surface area contributed by atoms with Crippen LogP contribution in [0.5, 0.6) is 0 Å². The van der Waals surface area contributed by atoms with Crippen molar-refractivity contribution in [3.8, 4) is 0 Å². The summed E-state index contributed by atoms with van der Waals surface area (Å²) in [4.78, 5) is 68.9. The molecule has 2 aliphatic rings. The van der Waals surface area contributed by atoms with Crippen molar-refractivity contribution >= 4 is 29.9 Å². The molecule has 0 radical (unpaired) electrons. The van der Waals surface area contributed by atoms with Gasteiger partial charge in [-0.2, -0.15) is 5.06 Å². The van der Waals surface area contributed by atoms with Crippen LogP contribution in [-0.4, -0.2) is 105 Å². The van der Waals surface area contributed by atoms with E-state index >= 15 is 0 Å². The fraction of sp³-hybridized carbons (Fsp3) is 0.705. The van der Waals surface area contributed by atoms with Crippen LogP contribution in [-0.2, 0) is 30.3 Å². The Morgan fingerprint density at radius 3 is 2.14 bits per heavy atom. The van der Waals surface area contributed by atoms with E-state index < -0.39 is 52.8 Å². The van der Waals surface area contributed by atoms with Gasteiger partial charge >= 0.3 is 12.2 Å². The van der Waals surface area contributed by atoms with Crippen LogP contribution in [0.2, 0.25) is 0 Å². The Hall–Kier alpha value is -4.17. The number of ether oxygens (including phenoxy) is 2. The largest absolute Gasteiger partial charge is 0.446 e. The Morgan fingerprint density at radius 2 is 1.55 bits per heavy atom. The van der Waals surface area contributed by atoms with E-state index in [-0.39, 0.29) is 48.9 Å². The van der Waals surface area contributed by atoms with Gasteiger partial charge in [0.15, 0.2) is 0 Å². The molecule has 0 bridgehead atoms. The zero-order valence-corrected chi connectivity index (χ0v) is 36.9. The molecule has 2 fully saturated rings. The van der Waals surface area contributed by atoms with E-state index in [0.29, 0.717) is 51.5 Å². The van der Waals surface area contributed by atoms with E-state index in [1.807, 2.05) is 84.0 Å². The Balaban J connectivity index is 1.71. The van der Waals surface area contributed by atoms with Crippen LogP contribution in [0.15, 0.2) is 42.5 Å². The van der Waals surface area contributed by atoms with Crippen LogP contribution in [0.25, 0.3) is 0 Å². The second-order valence-corrected chi connectivity index (χ2v) is 18.9. The molecule has 1 aromatic rings. The molecule has 2 aliphatic heterocycles. The number of hydrogen-bond donors (Lipinski definition) is 5. The van der Waals surface area contributed by atoms with Crippen LogP contribution in [0.4, 0.5) is 9.59 Å². The van der Waals surface area contributed by atoms with E-state index in [2.05, 4.69) is 35.1 Å². The summed E-state index contributed by atoms with van der Waals surface area (Å²) < 4.78 is 11.2. The highest BCUT2D eigenvalue weighted by Crippen LogP contribution is 2.38. The van der Waals surface area contributed by atoms with Gasteiger partial charge in [-0.1, -0.05) is 56.3 Å². The van der Waals surface area contributed by atoms with Crippen LogP contribution < -0.4 is 21.3 Å².